The van der Waals surface area contributed by atoms with Crippen molar-refractivity contribution in [1.82, 2.24) is 15.0 Å². The maximum Gasteiger partial charge on any atom is 0.219 e. The largest absolute Gasteiger partial charge is 0.439 e. The number of pyridine rings is 1. The molecule has 0 unspecified atom stereocenters. The molecule has 4 aromatic rings. The van der Waals surface area contributed by atoms with E-state index in [4.69, 9.17) is 21.4 Å². The Morgan fingerprint density at radius 2 is 1.90 bits per heavy atom. The van der Waals surface area contributed by atoms with E-state index in [1.54, 1.807) is 18.3 Å². The summed E-state index contributed by atoms with van der Waals surface area (Å²) in [7, 11) is 0. The van der Waals surface area contributed by atoms with Crippen LogP contribution in [-0.4, -0.2) is 33.2 Å². The third-order valence-corrected chi connectivity index (χ3v) is 4.45. The molecule has 0 amide bonds. The number of aliphatic hydroxyl groups is 1. The van der Waals surface area contributed by atoms with Crippen LogP contribution in [0.5, 0.6) is 11.6 Å². The molecule has 0 radical (unpaired) electrons. The van der Waals surface area contributed by atoms with Crippen molar-refractivity contribution in [3.8, 4) is 11.6 Å². The fraction of sp³-hybridized carbons (Fsp3) is 0.143. The molecule has 0 fully saturated rings. The van der Waals surface area contributed by atoms with Gasteiger partial charge in [-0.15, -0.1) is 0 Å². The summed E-state index contributed by atoms with van der Waals surface area (Å²) in [5, 5.41) is 15.9. The summed E-state index contributed by atoms with van der Waals surface area (Å²) < 4.78 is 5.70. The van der Waals surface area contributed by atoms with E-state index in [0.29, 0.717) is 35.7 Å². The lowest BCUT2D eigenvalue weighted by Gasteiger charge is -2.07. The first-order valence-corrected chi connectivity index (χ1v) is 9.54. The van der Waals surface area contributed by atoms with Crippen LogP contribution < -0.4 is 15.4 Å². The van der Waals surface area contributed by atoms with E-state index in [0.717, 1.165) is 22.3 Å². The number of ether oxygens (including phenoxy) is 1. The normalized spacial score (nSPS) is 10.8. The summed E-state index contributed by atoms with van der Waals surface area (Å²) in [6.07, 6.45) is 1.55. The lowest BCUT2D eigenvalue weighted by atomic mass is 10.2. The summed E-state index contributed by atoms with van der Waals surface area (Å²) >= 11 is 5.83. The Hall–Kier alpha value is -3.29. The van der Waals surface area contributed by atoms with Gasteiger partial charge in [-0.1, -0.05) is 23.7 Å². The molecule has 0 aliphatic heterocycles. The van der Waals surface area contributed by atoms with Crippen molar-refractivity contribution in [2.45, 2.75) is 6.54 Å². The van der Waals surface area contributed by atoms with E-state index in [1.807, 2.05) is 42.5 Å². The van der Waals surface area contributed by atoms with Crippen LogP contribution >= 0.6 is 11.6 Å². The Kier molecular flexibility index (Phi) is 5.79. The van der Waals surface area contributed by atoms with E-state index in [9.17, 15) is 0 Å². The van der Waals surface area contributed by atoms with Gasteiger partial charge in [0.2, 0.25) is 11.8 Å². The van der Waals surface area contributed by atoms with Crippen molar-refractivity contribution in [1.29, 1.82) is 0 Å². The second kappa shape index (κ2) is 8.81. The molecule has 29 heavy (non-hydrogen) atoms. The monoisotopic (exact) mass is 409 g/mol. The molecule has 2 aromatic carbocycles. The third kappa shape index (κ3) is 4.96. The molecule has 148 valence electrons. The number of hydrogen-bond donors (Lipinski definition) is 4. The molecule has 4 N–H and O–H groups in total. The van der Waals surface area contributed by atoms with Crippen molar-refractivity contribution in [3.63, 3.8) is 0 Å². The smallest absolute Gasteiger partial charge is 0.219 e. The van der Waals surface area contributed by atoms with Crippen LogP contribution in [0.15, 0.2) is 60.8 Å². The van der Waals surface area contributed by atoms with Crippen molar-refractivity contribution in [3.05, 3.63) is 71.4 Å². The molecular weight excluding hydrogens is 390 g/mol. The lowest BCUT2D eigenvalue weighted by Crippen LogP contribution is -2.04. The summed E-state index contributed by atoms with van der Waals surface area (Å²) in [5.74, 6) is 1.90. The van der Waals surface area contributed by atoms with Crippen LogP contribution in [0.3, 0.4) is 0 Å². The molecular formula is C21H20ClN5O2. The molecule has 4 rings (SSSR count). The number of rotatable bonds is 8. The molecule has 8 heteroatoms. The number of anilines is 2. The molecule has 0 aliphatic carbocycles. The van der Waals surface area contributed by atoms with Crippen LogP contribution in [0.2, 0.25) is 5.02 Å². The summed E-state index contributed by atoms with van der Waals surface area (Å²) in [5.41, 5.74) is 3.83. The van der Waals surface area contributed by atoms with Gasteiger partial charge in [-0.05, 0) is 42.0 Å². The summed E-state index contributed by atoms with van der Waals surface area (Å²) in [6.45, 7) is 1.22. The van der Waals surface area contributed by atoms with Crippen LogP contribution in [0.25, 0.3) is 11.0 Å². The number of aliphatic hydroxyl groups excluding tert-OH is 1. The maximum atomic E-state index is 8.92. The maximum absolute atomic E-state index is 8.92. The average Bonchev–Trinajstić information content (AvgIpc) is 3.15. The Bertz CT molecular complexity index is 1080. The second-order valence-corrected chi connectivity index (χ2v) is 6.82. The predicted octanol–water partition coefficient (Wildman–Crippen LogP) is 4.42. The number of aromatic amines is 1. The van der Waals surface area contributed by atoms with Gasteiger partial charge in [0.1, 0.15) is 5.75 Å². The molecule has 0 atom stereocenters. The number of nitrogens with one attached hydrogen (secondary N) is 3. The predicted molar refractivity (Wildman–Crippen MR) is 115 cm³/mol. The molecule has 0 saturated carbocycles. The van der Waals surface area contributed by atoms with E-state index in [1.165, 1.54) is 0 Å². The van der Waals surface area contributed by atoms with Gasteiger partial charge in [0.05, 0.1) is 22.7 Å². The highest BCUT2D eigenvalue weighted by Gasteiger charge is 2.04. The number of halogens is 1. The number of H-pyrrole nitrogens is 1. The van der Waals surface area contributed by atoms with Crippen LogP contribution in [0, 0.1) is 0 Å². The molecule has 0 bridgehead atoms. The molecule has 2 aromatic heterocycles. The topological polar surface area (TPSA) is 95.1 Å². The molecule has 2 heterocycles. The number of aromatic nitrogens is 3. The first kappa shape index (κ1) is 19.0. The minimum Gasteiger partial charge on any atom is -0.439 e. The van der Waals surface area contributed by atoms with Crippen LogP contribution in [0.1, 0.15) is 5.56 Å². The van der Waals surface area contributed by atoms with Gasteiger partial charge >= 0.3 is 0 Å². The lowest BCUT2D eigenvalue weighted by molar-refractivity contribution is 0.311. The third-order valence-electron chi connectivity index (χ3n) is 4.23. The zero-order valence-corrected chi connectivity index (χ0v) is 16.3. The zero-order chi connectivity index (χ0) is 20.1. The number of imidazole rings is 1. The average molecular weight is 410 g/mol. The molecule has 7 nitrogen and oxygen atoms in total. The Morgan fingerprint density at radius 1 is 1.03 bits per heavy atom. The fourth-order valence-corrected chi connectivity index (χ4v) is 2.92. The van der Waals surface area contributed by atoms with Gasteiger partial charge < -0.3 is 25.5 Å². The van der Waals surface area contributed by atoms with E-state index < -0.39 is 0 Å². The Balaban J connectivity index is 1.36. The van der Waals surface area contributed by atoms with E-state index in [2.05, 4.69) is 25.6 Å². The number of hydrogen-bond acceptors (Lipinski definition) is 6. The number of fused-ring (bicyclic) bond motifs is 1. The highest BCUT2D eigenvalue weighted by Crippen LogP contribution is 2.22. The summed E-state index contributed by atoms with van der Waals surface area (Å²) in [6, 6.07) is 17.1. The summed E-state index contributed by atoms with van der Waals surface area (Å²) in [4.78, 5) is 11.9. The van der Waals surface area contributed by atoms with Gasteiger partial charge in [-0.3, -0.25) is 0 Å². The highest BCUT2D eigenvalue weighted by atomic mass is 35.5. The Morgan fingerprint density at radius 3 is 2.66 bits per heavy atom. The molecule has 0 saturated heterocycles. The fourth-order valence-electron chi connectivity index (χ4n) is 2.81. The number of benzene rings is 2. The zero-order valence-electron chi connectivity index (χ0n) is 15.5. The van der Waals surface area contributed by atoms with Crippen LogP contribution in [0.4, 0.5) is 11.6 Å². The molecule has 0 spiro atoms. The van der Waals surface area contributed by atoms with Crippen molar-refractivity contribution >= 4 is 34.3 Å². The van der Waals surface area contributed by atoms with Crippen LogP contribution in [-0.2, 0) is 6.54 Å². The van der Waals surface area contributed by atoms with Gasteiger partial charge in [-0.25, -0.2) is 9.97 Å². The first-order valence-electron chi connectivity index (χ1n) is 9.16. The second-order valence-electron chi connectivity index (χ2n) is 6.38. The minimum atomic E-state index is 0.0911. The van der Waals surface area contributed by atoms with E-state index >= 15 is 0 Å². The Labute approximate surface area is 172 Å². The van der Waals surface area contributed by atoms with Crippen molar-refractivity contribution < 1.29 is 9.84 Å². The van der Waals surface area contributed by atoms with E-state index in [-0.39, 0.29) is 6.61 Å². The quantitative estimate of drug-likeness (QED) is 0.344. The SMILES string of the molecule is OCCNc1ccc2nc(NCc3ccc(Oc4ccc(Cl)cn4)cc3)[nH]c2c1. The van der Waals surface area contributed by atoms with Gasteiger partial charge in [0.25, 0.3) is 0 Å². The molecule has 0 aliphatic rings. The standard InChI is InChI=1S/C21H20ClN5O2/c22-15-3-8-20(24-13-15)29-17-5-1-14(2-6-17)12-25-21-26-18-7-4-16(23-9-10-28)11-19(18)27-21/h1-8,11,13,23,28H,9-10,12H2,(H2,25,26,27). The first-order chi connectivity index (χ1) is 14.2. The van der Waals surface area contributed by atoms with Gasteiger partial charge in [0.15, 0.2) is 0 Å². The van der Waals surface area contributed by atoms with Crippen molar-refractivity contribution in [2.24, 2.45) is 0 Å². The van der Waals surface area contributed by atoms with Crippen molar-refractivity contribution in [2.75, 3.05) is 23.8 Å². The minimum absolute atomic E-state index is 0.0911. The van der Waals surface area contributed by atoms with Gasteiger partial charge in [-0.2, -0.15) is 0 Å². The number of nitrogens with zero attached hydrogens (tertiary/aromatic N) is 2. The highest BCUT2D eigenvalue weighted by molar-refractivity contribution is 6.30. The van der Waals surface area contributed by atoms with Gasteiger partial charge in [0, 0.05) is 31.0 Å².